The molecule has 2 amide bonds. The van der Waals surface area contributed by atoms with Crippen LogP contribution in [0.3, 0.4) is 0 Å². The summed E-state index contributed by atoms with van der Waals surface area (Å²) >= 11 is 6.15. The lowest BCUT2D eigenvalue weighted by molar-refractivity contribution is -0.274. The summed E-state index contributed by atoms with van der Waals surface area (Å²) in [4.78, 5) is 41.5. The van der Waals surface area contributed by atoms with E-state index in [4.69, 9.17) is 16.7 Å². The van der Waals surface area contributed by atoms with Gasteiger partial charge in [0.15, 0.2) is 0 Å². The van der Waals surface area contributed by atoms with Gasteiger partial charge in [0.1, 0.15) is 11.6 Å². The molecule has 0 saturated heterocycles. The number of benzene rings is 2. The maximum absolute atomic E-state index is 14.9. The quantitative estimate of drug-likeness (QED) is 0.408. The number of amides is 2. The number of carbonyl (C=O) groups excluding carboxylic acids is 2. The van der Waals surface area contributed by atoms with Crippen molar-refractivity contribution in [3.05, 3.63) is 58.4 Å². The molecule has 12 heteroatoms. The van der Waals surface area contributed by atoms with E-state index in [1.165, 1.54) is 29.2 Å². The fourth-order valence-electron chi connectivity index (χ4n) is 5.90. The van der Waals surface area contributed by atoms with Crippen LogP contribution < -0.4 is 9.64 Å². The van der Waals surface area contributed by atoms with E-state index in [9.17, 15) is 31.9 Å². The lowest BCUT2D eigenvalue weighted by Gasteiger charge is -2.48. The summed E-state index contributed by atoms with van der Waals surface area (Å²) < 4.78 is 56.5. The number of anilines is 1. The van der Waals surface area contributed by atoms with E-state index in [0.717, 1.165) is 31.4 Å². The minimum Gasteiger partial charge on any atom is -0.481 e. The highest BCUT2D eigenvalue weighted by Crippen LogP contribution is 2.53. The molecule has 3 atom stereocenters. The second-order valence-corrected chi connectivity index (χ2v) is 10.5. The van der Waals surface area contributed by atoms with Gasteiger partial charge in [-0.15, -0.1) is 13.2 Å². The molecule has 1 heterocycles. The molecule has 208 valence electrons. The summed E-state index contributed by atoms with van der Waals surface area (Å²) in [6.45, 7) is 0. The van der Waals surface area contributed by atoms with Crippen LogP contribution in [-0.4, -0.2) is 46.2 Å². The van der Waals surface area contributed by atoms with Gasteiger partial charge >= 0.3 is 12.3 Å². The van der Waals surface area contributed by atoms with Crippen LogP contribution in [-0.2, 0) is 9.59 Å². The number of hydrogen-bond donors (Lipinski definition) is 1. The van der Waals surface area contributed by atoms with Gasteiger partial charge in [-0.3, -0.25) is 14.4 Å². The number of carboxylic acids is 1. The van der Waals surface area contributed by atoms with Gasteiger partial charge < -0.3 is 19.6 Å². The van der Waals surface area contributed by atoms with Crippen LogP contribution in [0.2, 0.25) is 5.02 Å². The van der Waals surface area contributed by atoms with Gasteiger partial charge in [-0.1, -0.05) is 18.0 Å². The van der Waals surface area contributed by atoms with Crippen molar-refractivity contribution < 1.29 is 41.8 Å². The largest absolute Gasteiger partial charge is 0.573 e. The Morgan fingerprint density at radius 2 is 1.74 bits per heavy atom. The Labute approximate surface area is 226 Å². The number of carboxylic acid groups (broad SMARTS) is 1. The lowest BCUT2D eigenvalue weighted by Crippen LogP contribution is -2.53. The third-order valence-corrected chi connectivity index (χ3v) is 7.84. The highest BCUT2D eigenvalue weighted by Gasteiger charge is 2.51. The minimum atomic E-state index is -4.88. The van der Waals surface area contributed by atoms with E-state index in [-0.39, 0.29) is 47.3 Å². The third kappa shape index (κ3) is 5.54. The molecular formula is C27H25ClF4N2O5. The number of aliphatic carboxylic acids is 1. The van der Waals surface area contributed by atoms with Crippen molar-refractivity contribution >= 4 is 35.1 Å². The van der Waals surface area contributed by atoms with Gasteiger partial charge in [0.25, 0.3) is 5.91 Å². The van der Waals surface area contributed by atoms with Crippen LogP contribution in [0, 0.1) is 11.7 Å². The molecular weight excluding hydrogens is 544 g/mol. The van der Waals surface area contributed by atoms with E-state index in [0.29, 0.717) is 24.1 Å². The van der Waals surface area contributed by atoms with Crippen molar-refractivity contribution in [2.24, 2.45) is 5.92 Å². The summed E-state index contributed by atoms with van der Waals surface area (Å²) in [5.41, 5.74) is 0.837. The molecule has 1 aliphatic heterocycles. The number of fused-ring (bicyclic) bond motifs is 2. The van der Waals surface area contributed by atoms with Gasteiger partial charge in [0.05, 0.1) is 23.2 Å². The molecule has 3 aliphatic rings. The van der Waals surface area contributed by atoms with Gasteiger partial charge in [-0.05, 0) is 62.1 Å². The van der Waals surface area contributed by atoms with Crippen LogP contribution in [0.25, 0.3) is 0 Å². The molecule has 5 rings (SSSR count). The van der Waals surface area contributed by atoms with E-state index in [2.05, 4.69) is 4.74 Å². The Morgan fingerprint density at radius 3 is 2.36 bits per heavy atom. The van der Waals surface area contributed by atoms with Gasteiger partial charge in [-0.25, -0.2) is 4.39 Å². The highest BCUT2D eigenvalue weighted by atomic mass is 35.5. The summed E-state index contributed by atoms with van der Waals surface area (Å²) in [7, 11) is 0. The first kappa shape index (κ1) is 27.2. The van der Waals surface area contributed by atoms with Crippen molar-refractivity contribution in [1.82, 2.24) is 4.90 Å². The molecule has 2 fully saturated rings. The molecule has 2 aliphatic carbocycles. The predicted molar refractivity (Wildman–Crippen MR) is 132 cm³/mol. The number of alkyl halides is 3. The predicted octanol–water partition coefficient (Wildman–Crippen LogP) is 6.10. The SMILES string of the molecule is O=C(O)CCC(=O)N(C1CC1)[C@H]1c2cc(F)c(Cl)cc2N(C(=O)c2ccc(OC(F)(F)F)cc2)[C@H]2CCC[C@H]21. The number of halogens is 5. The molecule has 1 N–H and O–H groups in total. The Balaban J connectivity index is 1.55. The Kier molecular flexibility index (Phi) is 7.21. The molecule has 39 heavy (non-hydrogen) atoms. The topological polar surface area (TPSA) is 87.2 Å². The van der Waals surface area contributed by atoms with E-state index in [1.54, 1.807) is 4.90 Å². The fraction of sp³-hybridized carbons (Fsp3) is 0.444. The molecule has 2 saturated carbocycles. The number of nitrogens with zero attached hydrogens (tertiary/aromatic N) is 2. The standard InChI is InChI=1S/C27H25ClF4N2O5/c28-19-13-22-18(12-20(19)29)25(33(15-6-7-15)23(35)10-11-24(36)37)17-2-1-3-21(17)34(22)26(38)14-4-8-16(9-5-14)39-27(30,31)32/h4-5,8-9,12-13,15,17,21,25H,1-3,6-7,10-11H2,(H,36,37)/t17-,21+,25-/m1/s1. The second kappa shape index (κ2) is 10.3. The van der Waals surface area contributed by atoms with Gasteiger partial charge in [-0.2, -0.15) is 0 Å². The van der Waals surface area contributed by atoms with Crippen molar-refractivity contribution in [3.63, 3.8) is 0 Å². The average Bonchev–Trinajstić information content (AvgIpc) is 3.58. The highest BCUT2D eigenvalue weighted by molar-refractivity contribution is 6.31. The van der Waals surface area contributed by atoms with E-state index < -0.39 is 35.8 Å². The molecule has 0 radical (unpaired) electrons. The van der Waals surface area contributed by atoms with E-state index in [1.807, 2.05) is 0 Å². The Bertz CT molecular complexity index is 1300. The van der Waals surface area contributed by atoms with Crippen LogP contribution in [0.15, 0.2) is 36.4 Å². The van der Waals surface area contributed by atoms with Crippen LogP contribution in [0.5, 0.6) is 5.75 Å². The molecule has 0 unspecified atom stereocenters. The molecule has 0 bridgehead atoms. The first-order valence-corrected chi connectivity index (χ1v) is 13.0. The fourth-order valence-corrected chi connectivity index (χ4v) is 6.06. The minimum absolute atomic E-state index is 0.104. The molecule has 2 aromatic carbocycles. The Morgan fingerprint density at radius 1 is 1.05 bits per heavy atom. The first-order valence-electron chi connectivity index (χ1n) is 12.7. The van der Waals surface area contributed by atoms with E-state index >= 15 is 0 Å². The summed E-state index contributed by atoms with van der Waals surface area (Å²) in [5.74, 6) is -3.36. The average molecular weight is 569 g/mol. The van der Waals surface area contributed by atoms with Crippen molar-refractivity contribution in [3.8, 4) is 5.75 Å². The molecule has 0 spiro atoms. The van der Waals surface area contributed by atoms with Crippen LogP contribution in [0.1, 0.15) is 66.9 Å². The van der Waals surface area contributed by atoms with Gasteiger partial charge in [0.2, 0.25) is 5.91 Å². The maximum atomic E-state index is 14.9. The smallest absolute Gasteiger partial charge is 0.481 e. The van der Waals surface area contributed by atoms with Crippen molar-refractivity contribution in [2.45, 2.75) is 69.4 Å². The summed E-state index contributed by atoms with van der Waals surface area (Å²) in [5, 5.41) is 8.90. The lowest BCUT2D eigenvalue weighted by atomic mass is 9.81. The van der Waals surface area contributed by atoms with Crippen molar-refractivity contribution in [2.75, 3.05) is 4.90 Å². The third-order valence-electron chi connectivity index (χ3n) is 7.55. The zero-order valence-corrected chi connectivity index (χ0v) is 21.3. The van der Waals surface area contributed by atoms with Crippen LogP contribution in [0.4, 0.5) is 23.2 Å². The normalized spacial score (nSPS) is 22.2. The number of hydrogen-bond acceptors (Lipinski definition) is 4. The Hall–Kier alpha value is -3.34. The number of carbonyl (C=O) groups is 3. The zero-order chi connectivity index (χ0) is 28.1. The number of ether oxygens (including phenoxy) is 1. The first-order chi connectivity index (χ1) is 18.4. The molecule has 7 nitrogen and oxygen atoms in total. The van der Waals surface area contributed by atoms with Crippen LogP contribution >= 0.6 is 11.6 Å². The molecule has 2 aromatic rings. The maximum Gasteiger partial charge on any atom is 0.573 e. The summed E-state index contributed by atoms with van der Waals surface area (Å²) in [6, 6.07) is 6.09. The number of rotatable bonds is 7. The zero-order valence-electron chi connectivity index (χ0n) is 20.6. The van der Waals surface area contributed by atoms with Gasteiger partial charge in [0, 0.05) is 35.5 Å². The molecule has 0 aromatic heterocycles. The monoisotopic (exact) mass is 568 g/mol. The van der Waals surface area contributed by atoms with Crippen molar-refractivity contribution in [1.29, 1.82) is 0 Å². The second-order valence-electron chi connectivity index (χ2n) is 10.1. The summed E-state index contributed by atoms with van der Waals surface area (Å²) in [6.07, 6.45) is -1.93.